The summed E-state index contributed by atoms with van der Waals surface area (Å²) in [4.78, 5) is 23.4. The topological polar surface area (TPSA) is 60.3 Å². The minimum atomic E-state index is -0.192. The van der Waals surface area contributed by atoms with E-state index in [2.05, 4.69) is 5.32 Å². The van der Waals surface area contributed by atoms with Crippen LogP contribution in [-0.4, -0.2) is 23.2 Å². The number of amides is 1. The Labute approximate surface area is 106 Å². The SMILES string of the molecule is Cn1cccc(NC(=O)CC[C@H]2CCCO2)c1=O. The molecule has 1 amide bonds. The minimum Gasteiger partial charge on any atom is -0.378 e. The second kappa shape index (κ2) is 5.82. The van der Waals surface area contributed by atoms with E-state index in [1.54, 1.807) is 25.4 Å². The van der Waals surface area contributed by atoms with Gasteiger partial charge in [0.05, 0.1) is 6.10 Å². The van der Waals surface area contributed by atoms with E-state index < -0.39 is 0 Å². The molecule has 0 saturated carbocycles. The van der Waals surface area contributed by atoms with Crippen molar-refractivity contribution in [2.24, 2.45) is 7.05 Å². The van der Waals surface area contributed by atoms with Crippen molar-refractivity contribution < 1.29 is 9.53 Å². The van der Waals surface area contributed by atoms with Crippen LogP contribution in [0.2, 0.25) is 0 Å². The van der Waals surface area contributed by atoms with Gasteiger partial charge in [0, 0.05) is 26.3 Å². The summed E-state index contributed by atoms with van der Waals surface area (Å²) >= 11 is 0. The Morgan fingerprint density at radius 2 is 2.44 bits per heavy atom. The molecule has 1 aliphatic heterocycles. The molecule has 2 heterocycles. The normalized spacial score (nSPS) is 18.8. The molecule has 5 heteroatoms. The molecule has 1 N–H and O–H groups in total. The van der Waals surface area contributed by atoms with Gasteiger partial charge in [-0.25, -0.2) is 0 Å². The molecule has 0 aliphatic carbocycles. The van der Waals surface area contributed by atoms with Crippen molar-refractivity contribution in [2.75, 3.05) is 11.9 Å². The first kappa shape index (κ1) is 12.8. The Hall–Kier alpha value is -1.62. The molecule has 1 atom stereocenters. The van der Waals surface area contributed by atoms with Crippen LogP contribution in [0.4, 0.5) is 5.69 Å². The van der Waals surface area contributed by atoms with Gasteiger partial charge in [-0.15, -0.1) is 0 Å². The summed E-state index contributed by atoms with van der Waals surface area (Å²) in [6, 6.07) is 3.35. The number of rotatable bonds is 4. The number of nitrogens with zero attached hydrogens (tertiary/aromatic N) is 1. The maximum absolute atomic E-state index is 11.7. The van der Waals surface area contributed by atoms with E-state index in [0.717, 1.165) is 25.9 Å². The van der Waals surface area contributed by atoms with Crippen molar-refractivity contribution in [3.8, 4) is 0 Å². The van der Waals surface area contributed by atoms with Crippen LogP contribution in [0.15, 0.2) is 23.1 Å². The maximum atomic E-state index is 11.7. The number of ether oxygens (including phenoxy) is 1. The summed E-state index contributed by atoms with van der Waals surface area (Å²) in [5, 5.41) is 2.65. The fourth-order valence-corrected chi connectivity index (χ4v) is 2.07. The van der Waals surface area contributed by atoms with Gasteiger partial charge in [-0.05, 0) is 31.4 Å². The zero-order valence-corrected chi connectivity index (χ0v) is 10.5. The number of carbonyl (C=O) groups excluding carboxylic acids is 1. The van der Waals surface area contributed by atoms with E-state index in [1.165, 1.54) is 4.57 Å². The summed E-state index contributed by atoms with van der Waals surface area (Å²) in [7, 11) is 1.66. The van der Waals surface area contributed by atoms with Crippen molar-refractivity contribution in [1.82, 2.24) is 4.57 Å². The lowest BCUT2D eigenvalue weighted by Crippen LogP contribution is -2.24. The van der Waals surface area contributed by atoms with Gasteiger partial charge in [0.2, 0.25) is 5.91 Å². The fraction of sp³-hybridized carbons (Fsp3) is 0.538. The van der Waals surface area contributed by atoms with Gasteiger partial charge in [-0.2, -0.15) is 0 Å². The third-order valence-corrected chi connectivity index (χ3v) is 3.11. The Bertz CT molecular complexity index is 475. The molecule has 0 bridgehead atoms. The Kier molecular flexibility index (Phi) is 4.15. The summed E-state index contributed by atoms with van der Waals surface area (Å²) in [5.41, 5.74) is 0.139. The van der Waals surface area contributed by atoms with Gasteiger partial charge in [-0.3, -0.25) is 9.59 Å². The quantitative estimate of drug-likeness (QED) is 0.875. The Morgan fingerprint density at radius 3 is 3.17 bits per heavy atom. The fourth-order valence-electron chi connectivity index (χ4n) is 2.07. The predicted molar refractivity (Wildman–Crippen MR) is 68.5 cm³/mol. The summed E-state index contributed by atoms with van der Waals surface area (Å²) in [6.07, 6.45) is 5.08. The van der Waals surface area contributed by atoms with Crippen LogP contribution in [0, 0.1) is 0 Å². The van der Waals surface area contributed by atoms with Crippen LogP contribution in [0.3, 0.4) is 0 Å². The van der Waals surface area contributed by atoms with Crippen LogP contribution in [-0.2, 0) is 16.6 Å². The summed E-state index contributed by atoms with van der Waals surface area (Å²) < 4.78 is 6.89. The van der Waals surface area contributed by atoms with Crippen LogP contribution in [0.25, 0.3) is 0 Å². The Morgan fingerprint density at radius 1 is 1.61 bits per heavy atom. The first-order valence-electron chi connectivity index (χ1n) is 6.24. The largest absolute Gasteiger partial charge is 0.378 e. The number of aryl methyl sites for hydroxylation is 1. The van der Waals surface area contributed by atoms with Crippen LogP contribution >= 0.6 is 0 Å². The van der Waals surface area contributed by atoms with Crippen LogP contribution in [0.5, 0.6) is 0 Å². The van der Waals surface area contributed by atoms with Crippen molar-refractivity contribution >= 4 is 11.6 Å². The van der Waals surface area contributed by atoms with Gasteiger partial charge in [0.15, 0.2) is 0 Å². The highest BCUT2D eigenvalue weighted by Crippen LogP contribution is 2.16. The predicted octanol–water partition coefficient (Wildman–Crippen LogP) is 1.28. The van der Waals surface area contributed by atoms with Gasteiger partial charge in [0.1, 0.15) is 5.69 Å². The second-order valence-corrected chi connectivity index (χ2v) is 4.56. The third-order valence-electron chi connectivity index (χ3n) is 3.11. The molecule has 0 aromatic carbocycles. The molecule has 0 unspecified atom stereocenters. The summed E-state index contributed by atoms with van der Waals surface area (Å²) in [6.45, 7) is 0.797. The molecule has 2 rings (SSSR count). The highest BCUT2D eigenvalue weighted by atomic mass is 16.5. The number of hydrogen-bond acceptors (Lipinski definition) is 3. The molecule has 1 aliphatic rings. The zero-order chi connectivity index (χ0) is 13.0. The molecular formula is C13H18N2O3. The number of pyridine rings is 1. The first-order chi connectivity index (χ1) is 8.66. The lowest BCUT2D eigenvalue weighted by atomic mass is 10.1. The number of anilines is 1. The lowest BCUT2D eigenvalue weighted by molar-refractivity contribution is -0.116. The second-order valence-electron chi connectivity index (χ2n) is 4.56. The molecule has 1 aromatic heterocycles. The van der Waals surface area contributed by atoms with E-state index in [-0.39, 0.29) is 17.6 Å². The molecule has 1 aromatic rings. The van der Waals surface area contributed by atoms with Crippen molar-refractivity contribution in [2.45, 2.75) is 31.8 Å². The van der Waals surface area contributed by atoms with E-state index in [4.69, 9.17) is 4.74 Å². The molecular weight excluding hydrogens is 232 g/mol. The highest BCUT2D eigenvalue weighted by Gasteiger charge is 2.17. The highest BCUT2D eigenvalue weighted by molar-refractivity contribution is 5.90. The maximum Gasteiger partial charge on any atom is 0.274 e. The van der Waals surface area contributed by atoms with Crippen molar-refractivity contribution in [3.05, 3.63) is 28.7 Å². The molecule has 1 fully saturated rings. The van der Waals surface area contributed by atoms with E-state index >= 15 is 0 Å². The number of hydrogen-bond donors (Lipinski definition) is 1. The Balaban J connectivity index is 1.86. The number of nitrogens with one attached hydrogen (secondary N) is 1. The zero-order valence-electron chi connectivity index (χ0n) is 10.5. The standard InChI is InChI=1S/C13H18N2O3/c1-15-8-2-5-11(13(15)17)14-12(16)7-6-10-4-3-9-18-10/h2,5,8,10H,3-4,6-7,9H2,1H3,(H,14,16)/t10-/m1/s1. The van der Waals surface area contributed by atoms with Gasteiger partial charge in [-0.1, -0.05) is 0 Å². The van der Waals surface area contributed by atoms with Crippen LogP contribution in [0.1, 0.15) is 25.7 Å². The molecule has 0 spiro atoms. The lowest BCUT2D eigenvalue weighted by Gasteiger charge is -2.09. The smallest absolute Gasteiger partial charge is 0.274 e. The number of carbonyl (C=O) groups is 1. The van der Waals surface area contributed by atoms with Gasteiger partial charge >= 0.3 is 0 Å². The minimum absolute atomic E-state index is 0.131. The molecule has 18 heavy (non-hydrogen) atoms. The van der Waals surface area contributed by atoms with E-state index in [9.17, 15) is 9.59 Å². The molecule has 98 valence electrons. The average molecular weight is 250 g/mol. The monoisotopic (exact) mass is 250 g/mol. The molecule has 5 nitrogen and oxygen atoms in total. The van der Waals surface area contributed by atoms with Gasteiger partial charge in [0.25, 0.3) is 5.56 Å². The molecule has 0 radical (unpaired) electrons. The third kappa shape index (κ3) is 3.20. The van der Waals surface area contributed by atoms with E-state index in [0.29, 0.717) is 12.1 Å². The summed E-state index contributed by atoms with van der Waals surface area (Å²) in [5.74, 6) is -0.131. The van der Waals surface area contributed by atoms with Crippen LogP contribution < -0.4 is 10.9 Å². The average Bonchev–Trinajstić information content (AvgIpc) is 2.86. The van der Waals surface area contributed by atoms with Crippen molar-refractivity contribution in [3.63, 3.8) is 0 Å². The van der Waals surface area contributed by atoms with Gasteiger partial charge < -0.3 is 14.6 Å². The number of aromatic nitrogens is 1. The molecule has 1 saturated heterocycles. The first-order valence-corrected chi connectivity index (χ1v) is 6.24. The van der Waals surface area contributed by atoms with Crippen molar-refractivity contribution in [1.29, 1.82) is 0 Å². The van der Waals surface area contributed by atoms with E-state index in [1.807, 2.05) is 0 Å².